The van der Waals surface area contributed by atoms with Gasteiger partial charge in [0, 0.05) is 12.6 Å². The molecule has 17 heavy (non-hydrogen) atoms. The van der Waals surface area contributed by atoms with Gasteiger partial charge in [0.25, 0.3) is 0 Å². The van der Waals surface area contributed by atoms with Crippen molar-refractivity contribution in [3.63, 3.8) is 0 Å². The summed E-state index contributed by atoms with van der Waals surface area (Å²) in [5.74, 6) is 0. The number of nitrogens with zero attached hydrogens (tertiary/aromatic N) is 1. The molecule has 1 aliphatic rings. The standard InChI is InChI=1S/C10H17F3N2O2/c1-15-5-3-2-4-8(15)6-14-9(16)17-7-10(11,12)13/h8H,2-7H2,1H3,(H,14,16). The van der Waals surface area contributed by atoms with Crippen molar-refractivity contribution in [3.8, 4) is 0 Å². The lowest BCUT2D eigenvalue weighted by molar-refractivity contribution is -0.160. The van der Waals surface area contributed by atoms with Gasteiger partial charge in [-0.25, -0.2) is 4.79 Å². The maximum atomic E-state index is 11.8. The third-order valence-corrected chi connectivity index (χ3v) is 2.77. The van der Waals surface area contributed by atoms with Gasteiger partial charge in [0.15, 0.2) is 6.61 Å². The number of amides is 1. The van der Waals surface area contributed by atoms with Crippen LogP contribution in [-0.4, -0.2) is 50.0 Å². The number of hydrogen-bond acceptors (Lipinski definition) is 3. The van der Waals surface area contributed by atoms with Gasteiger partial charge in [-0.15, -0.1) is 0 Å². The normalized spacial score (nSPS) is 22.2. The van der Waals surface area contributed by atoms with Gasteiger partial charge >= 0.3 is 12.3 Å². The molecule has 0 spiro atoms. The molecule has 1 atom stereocenters. The van der Waals surface area contributed by atoms with Crippen LogP contribution in [0.15, 0.2) is 0 Å². The van der Waals surface area contributed by atoms with Crippen LogP contribution in [0.4, 0.5) is 18.0 Å². The van der Waals surface area contributed by atoms with Crippen LogP contribution in [0.3, 0.4) is 0 Å². The molecule has 1 heterocycles. The van der Waals surface area contributed by atoms with Gasteiger partial charge in [0.2, 0.25) is 0 Å². The van der Waals surface area contributed by atoms with E-state index in [1.54, 1.807) is 0 Å². The van der Waals surface area contributed by atoms with Crippen LogP contribution in [-0.2, 0) is 4.74 Å². The van der Waals surface area contributed by atoms with Gasteiger partial charge in [-0.05, 0) is 26.4 Å². The minimum Gasteiger partial charge on any atom is -0.440 e. The van der Waals surface area contributed by atoms with Crippen LogP contribution >= 0.6 is 0 Å². The molecule has 1 aliphatic heterocycles. The molecule has 1 rings (SSSR count). The summed E-state index contributed by atoms with van der Waals surface area (Å²) in [6.07, 6.45) is -2.35. The van der Waals surface area contributed by atoms with Crippen LogP contribution in [0.2, 0.25) is 0 Å². The number of alkyl carbamates (subject to hydrolysis) is 1. The molecule has 0 radical (unpaired) electrons. The Labute approximate surface area is 98.1 Å². The van der Waals surface area contributed by atoms with Crippen LogP contribution in [0.25, 0.3) is 0 Å². The second kappa shape index (κ2) is 6.09. The van der Waals surface area contributed by atoms with E-state index in [0.717, 1.165) is 25.8 Å². The lowest BCUT2D eigenvalue weighted by Gasteiger charge is -2.32. The van der Waals surface area contributed by atoms with Crippen molar-refractivity contribution in [2.24, 2.45) is 0 Å². The number of hydrogen-bond donors (Lipinski definition) is 1. The van der Waals surface area contributed by atoms with E-state index >= 15 is 0 Å². The third kappa shape index (κ3) is 5.76. The fourth-order valence-corrected chi connectivity index (χ4v) is 1.80. The average molecular weight is 254 g/mol. The Hall–Kier alpha value is -0.980. The van der Waals surface area contributed by atoms with Crippen molar-refractivity contribution >= 4 is 6.09 Å². The number of ether oxygens (including phenoxy) is 1. The predicted octanol–water partition coefficient (Wildman–Crippen LogP) is 1.76. The first-order chi connectivity index (χ1) is 7.88. The largest absolute Gasteiger partial charge is 0.440 e. The highest BCUT2D eigenvalue weighted by Crippen LogP contribution is 2.15. The predicted molar refractivity (Wildman–Crippen MR) is 55.7 cm³/mol. The molecule has 4 nitrogen and oxygen atoms in total. The number of alkyl halides is 3. The molecule has 1 amide bonds. The molecule has 0 saturated carbocycles. The van der Waals surface area contributed by atoms with Crippen molar-refractivity contribution in [3.05, 3.63) is 0 Å². The summed E-state index contributed by atoms with van der Waals surface area (Å²) in [6, 6.07) is 0.183. The van der Waals surface area contributed by atoms with Crippen LogP contribution < -0.4 is 5.32 Å². The summed E-state index contributed by atoms with van der Waals surface area (Å²) in [5.41, 5.74) is 0. The molecule has 1 saturated heterocycles. The number of carbonyl (C=O) groups excluding carboxylic acids is 1. The smallest absolute Gasteiger partial charge is 0.422 e. The van der Waals surface area contributed by atoms with E-state index in [1.807, 2.05) is 7.05 Å². The number of piperidine rings is 1. The van der Waals surface area contributed by atoms with Crippen molar-refractivity contribution < 1.29 is 22.7 Å². The van der Waals surface area contributed by atoms with Gasteiger partial charge in [-0.2, -0.15) is 13.2 Å². The van der Waals surface area contributed by atoms with Crippen molar-refractivity contribution in [1.82, 2.24) is 10.2 Å². The molecule has 7 heteroatoms. The van der Waals surface area contributed by atoms with Gasteiger partial charge in [0.1, 0.15) is 0 Å². The van der Waals surface area contributed by atoms with Gasteiger partial charge < -0.3 is 15.0 Å². The van der Waals surface area contributed by atoms with E-state index in [0.29, 0.717) is 6.54 Å². The van der Waals surface area contributed by atoms with Crippen LogP contribution in [0, 0.1) is 0 Å². The Kier molecular flexibility index (Phi) is 5.04. The molecule has 1 N–H and O–H groups in total. The van der Waals surface area contributed by atoms with Crippen molar-refractivity contribution in [2.45, 2.75) is 31.5 Å². The highest BCUT2D eigenvalue weighted by molar-refractivity contribution is 5.67. The van der Waals surface area contributed by atoms with E-state index in [2.05, 4.69) is 15.0 Å². The second-order valence-corrected chi connectivity index (χ2v) is 4.20. The van der Waals surface area contributed by atoms with Gasteiger partial charge in [-0.1, -0.05) is 6.42 Å². The van der Waals surface area contributed by atoms with E-state index in [9.17, 15) is 18.0 Å². The van der Waals surface area contributed by atoms with E-state index in [1.165, 1.54) is 0 Å². The molecule has 0 aromatic carbocycles. The van der Waals surface area contributed by atoms with E-state index in [-0.39, 0.29) is 6.04 Å². The number of rotatable bonds is 3. The van der Waals surface area contributed by atoms with Crippen molar-refractivity contribution in [2.75, 3.05) is 26.7 Å². The second-order valence-electron chi connectivity index (χ2n) is 4.20. The number of halogens is 3. The molecule has 0 aromatic heterocycles. The first kappa shape index (κ1) is 14.1. The monoisotopic (exact) mass is 254 g/mol. The summed E-state index contributed by atoms with van der Waals surface area (Å²) in [4.78, 5) is 13.1. The SMILES string of the molecule is CN1CCCCC1CNC(=O)OCC(F)(F)F. The van der Waals surface area contributed by atoms with Crippen LogP contribution in [0.1, 0.15) is 19.3 Å². The van der Waals surface area contributed by atoms with Gasteiger partial charge in [-0.3, -0.25) is 0 Å². The third-order valence-electron chi connectivity index (χ3n) is 2.77. The molecule has 0 aromatic rings. The minimum absolute atomic E-state index is 0.183. The first-order valence-electron chi connectivity index (χ1n) is 5.56. The Morgan fingerprint density at radius 2 is 2.18 bits per heavy atom. The highest BCUT2D eigenvalue weighted by Gasteiger charge is 2.29. The van der Waals surface area contributed by atoms with E-state index < -0.39 is 18.9 Å². The highest BCUT2D eigenvalue weighted by atomic mass is 19.4. The Morgan fingerprint density at radius 3 is 2.76 bits per heavy atom. The molecule has 0 aliphatic carbocycles. The Morgan fingerprint density at radius 1 is 1.47 bits per heavy atom. The van der Waals surface area contributed by atoms with Crippen molar-refractivity contribution in [1.29, 1.82) is 0 Å². The summed E-state index contributed by atoms with van der Waals surface area (Å²) in [5, 5.41) is 2.35. The summed E-state index contributed by atoms with van der Waals surface area (Å²) < 4.78 is 39.3. The molecular weight excluding hydrogens is 237 g/mol. The molecule has 100 valence electrons. The molecule has 1 unspecified atom stereocenters. The Bertz CT molecular complexity index is 258. The Balaban J connectivity index is 2.19. The topological polar surface area (TPSA) is 41.6 Å². The number of likely N-dealkylation sites (N-methyl/N-ethyl adjacent to an activating group) is 1. The zero-order valence-corrected chi connectivity index (χ0v) is 9.72. The number of nitrogens with one attached hydrogen (secondary N) is 1. The number of carbonyl (C=O) groups is 1. The maximum Gasteiger partial charge on any atom is 0.422 e. The lowest BCUT2D eigenvalue weighted by atomic mass is 10.0. The fraction of sp³-hybridized carbons (Fsp3) is 0.900. The van der Waals surface area contributed by atoms with Gasteiger partial charge in [0.05, 0.1) is 0 Å². The van der Waals surface area contributed by atoms with Crippen LogP contribution in [0.5, 0.6) is 0 Å². The molecular formula is C10H17F3N2O2. The number of likely N-dealkylation sites (tertiary alicyclic amines) is 1. The summed E-state index contributed by atoms with van der Waals surface area (Å²) in [6.45, 7) is -0.267. The zero-order valence-electron chi connectivity index (χ0n) is 9.72. The van der Waals surface area contributed by atoms with E-state index in [4.69, 9.17) is 0 Å². The quantitative estimate of drug-likeness (QED) is 0.834. The lowest BCUT2D eigenvalue weighted by Crippen LogP contribution is -2.45. The average Bonchev–Trinajstić information content (AvgIpc) is 2.24. The summed E-state index contributed by atoms with van der Waals surface area (Å²) in [7, 11) is 1.94. The molecule has 1 fully saturated rings. The minimum atomic E-state index is -4.47. The maximum absolute atomic E-state index is 11.8. The molecule has 0 bridgehead atoms. The zero-order chi connectivity index (χ0) is 12.9. The fourth-order valence-electron chi connectivity index (χ4n) is 1.80. The first-order valence-corrected chi connectivity index (χ1v) is 5.56. The summed E-state index contributed by atoms with van der Waals surface area (Å²) >= 11 is 0.